The summed E-state index contributed by atoms with van der Waals surface area (Å²) in [5.74, 6) is 0.392. The van der Waals surface area contributed by atoms with Crippen LogP contribution in [0.2, 0.25) is 5.02 Å². The van der Waals surface area contributed by atoms with Gasteiger partial charge in [-0.1, -0.05) is 35.0 Å². The lowest BCUT2D eigenvalue weighted by molar-refractivity contribution is -0.121. The number of nitrogens with one attached hydrogen (secondary N) is 2. The lowest BCUT2D eigenvalue weighted by atomic mass is 10.1. The van der Waals surface area contributed by atoms with Crippen LogP contribution in [-0.4, -0.2) is 26.5 Å². The predicted octanol–water partition coefficient (Wildman–Crippen LogP) is 1.66. The van der Waals surface area contributed by atoms with Crippen LogP contribution in [0.4, 0.5) is 0 Å². The van der Waals surface area contributed by atoms with Crippen LogP contribution in [0.3, 0.4) is 0 Å². The molecule has 0 aliphatic carbocycles. The van der Waals surface area contributed by atoms with Gasteiger partial charge in [-0.15, -0.1) is 10.2 Å². The average Bonchev–Trinajstić information content (AvgIpc) is 2.91. The number of benzene rings is 1. The van der Waals surface area contributed by atoms with Gasteiger partial charge in [0.1, 0.15) is 0 Å². The maximum absolute atomic E-state index is 11.8. The number of hydrogen-bond acceptors (Lipinski definition) is 4. The summed E-state index contributed by atoms with van der Waals surface area (Å²) in [5, 5.41) is 16.9. The molecule has 0 saturated heterocycles. The summed E-state index contributed by atoms with van der Waals surface area (Å²) in [5.41, 5.74) is 0.964. The van der Waals surface area contributed by atoms with Crippen LogP contribution in [-0.2, 0) is 11.2 Å². The first-order chi connectivity index (χ1) is 9.16. The maximum atomic E-state index is 11.8. The molecular weight excluding hydrogens is 266 g/mol. The average molecular weight is 280 g/mol. The fourth-order valence-corrected chi connectivity index (χ4v) is 1.91. The van der Waals surface area contributed by atoms with E-state index in [9.17, 15) is 4.79 Å². The van der Waals surface area contributed by atoms with Crippen LogP contribution in [0.5, 0.6) is 0 Å². The third-order valence-electron chi connectivity index (χ3n) is 2.71. The van der Waals surface area contributed by atoms with E-state index in [0.29, 0.717) is 23.7 Å². The highest BCUT2D eigenvalue weighted by Gasteiger charge is 2.13. The molecule has 0 bridgehead atoms. The van der Waals surface area contributed by atoms with Gasteiger partial charge in [-0.25, -0.2) is 0 Å². The van der Waals surface area contributed by atoms with Crippen LogP contribution in [0.25, 0.3) is 0 Å². The fraction of sp³-hybridized carbons (Fsp3) is 0.333. The summed E-state index contributed by atoms with van der Waals surface area (Å²) in [6.45, 7) is 1.80. The third-order valence-corrected chi connectivity index (χ3v) is 3.07. The molecule has 2 N–H and O–H groups in total. The zero-order chi connectivity index (χ0) is 13.7. The van der Waals surface area contributed by atoms with Gasteiger partial charge >= 0.3 is 0 Å². The number of H-pyrrole nitrogens is 1. The van der Waals surface area contributed by atoms with E-state index < -0.39 is 0 Å². The van der Waals surface area contributed by atoms with Crippen molar-refractivity contribution in [3.8, 4) is 0 Å². The fourth-order valence-electron chi connectivity index (χ4n) is 1.68. The van der Waals surface area contributed by atoms with Crippen LogP contribution in [0, 0.1) is 0 Å². The molecular formula is C12H14ClN5O. The zero-order valence-electron chi connectivity index (χ0n) is 10.4. The molecule has 7 heteroatoms. The van der Waals surface area contributed by atoms with Gasteiger partial charge in [0, 0.05) is 11.4 Å². The van der Waals surface area contributed by atoms with Gasteiger partial charge in [0.2, 0.25) is 5.91 Å². The smallest absolute Gasteiger partial charge is 0.220 e. The van der Waals surface area contributed by atoms with Crippen molar-refractivity contribution in [3.63, 3.8) is 0 Å². The second kappa shape index (κ2) is 6.29. The van der Waals surface area contributed by atoms with Crippen molar-refractivity contribution in [2.45, 2.75) is 25.8 Å². The highest BCUT2D eigenvalue weighted by atomic mass is 35.5. The lowest BCUT2D eigenvalue weighted by Gasteiger charge is -2.10. The van der Waals surface area contributed by atoms with E-state index >= 15 is 0 Å². The van der Waals surface area contributed by atoms with E-state index in [-0.39, 0.29) is 11.9 Å². The van der Waals surface area contributed by atoms with E-state index in [1.807, 2.05) is 24.3 Å². The number of aromatic amines is 1. The molecule has 2 rings (SSSR count). The Morgan fingerprint density at radius 2 is 2.26 bits per heavy atom. The van der Waals surface area contributed by atoms with Gasteiger partial charge in [-0.3, -0.25) is 4.79 Å². The number of tetrazole rings is 1. The Hall–Kier alpha value is -1.95. The Morgan fingerprint density at radius 3 is 2.95 bits per heavy atom. The van der Waals surface area contributed by atoms with Crippen LogP contribution < -0.4 is 5.32 Å². The van der Waals surface area contributed by atoms with Crippen LogP contribution >= 0.6 is 11.6 Å². The van der Waals surface area contributed by atoms with Crippen molar-refractivity contribution in [1.29, 1.82) is 0 Å². The van der Waals surface area contributed by atoms with Gasteiger partial charge in [-0.05, 0) is 25.0 Å². The van der Waals surface area contributed by atoms with E-state index in [0.717, 1.165) is 5.56 Å². The molecule has 1 amide bonds. The first-order valence-corrected chi connectivity index (χ1v) is 6.30. The SMILES string of the molecule is CC(NC(=O)CCc1ccccc1Cl)c1nn[nH]n1. The Morgan fingerprint density at radius 1 is 1.47 bits per heavy atom. The van der Waals surface area contributed by atoms with E-state index in [4.69, 9.17) is 11.6 Å². The number of aromatic nitrogens is 4. The second-order valence-electron chi connectivity index (χ2n) is 4.15. The minimum Gasteiger partial charge on any atom is -0.346 e. The number of carbonyl (C=O) groups is 1. The molecule has 0 fully saturated rings. The van der Waals surface area contributed by atoms with E-state index in [2.05, 4.69) is 25.9 Å². The molecule has 1 atom stereocenters. The molecule has 6 nitrogen and oxygen atoms in total. The first kappa shape index (κ1) is 13.5. The van der Waals surface area contributed by atoms with Crippen molar-refractivity contribution >= 4 is 17.5 Å². The standard InChI is InChI=1S/C12H14ClN5O/c1-8(12-15-17-18-16-12)14-11(19)7-6-9-4-2-3-5-10(9)13/h2-5,8H,6-7H2,1H3,(H,14,19)(H,15,16,17,18). The van der Waals surface area contributed by atoms with Gasteiger partial charge in [0.25, 0.3) is 0 Å². The summed E-state index contributed by atoms with van der Waals surface area (Å²) in [6, 6.07) is 7.23. The van der Waals surface area contributed by atoms with Gasteiger partial charge in [-0.2, -0.15) is 5.21 Å². The Bertz CT molecular complexity index is 543. The summed E-state index contributed by atoms with van der Waals surface area (Å²) in [4.78, 5) is 11.8. The molecule has 2 aromatic rings. The van der Waals surface area contributed by atoms with Gasteiger partial charge in [0.15, 0.2) is 5.82 Å². The van der Waals surface area contributed by atoms with Gasteiger partial charge < -0.3 is 5.32 Å². The lowest BCUT2D eigenvalue weighted by Crippen LogP contribution is -2.27. The van der Waals surface area contributed by atoms with Crippen molar-refractivity contribution in [2.75, 3.05) is 0 Å². The number of nitrogens with zero attached hydrogens (tertiary/aromatic N) is 3. The molecule has 0 saturated carbocycles. The number of aryl methyl sites for hydroxylation is 1. The second-order valence-corrected chi connectivity index (χ2v) is 4.56. The molecule has 1 unspecified atom stereocenters. The Balaban J connectivity index is 1.84. The van der Waals surface area contributed by atoms with Crippen molar-refractivity contribution in [2.24, 2.45) is 0 Å². The number of halogens is 1. The molecule has 1 aromatic carbocycles. The van der Waals surface area contributed by atoms with Crippen LogP contribution in [0.15, 0.2) is 24.3 Å². The van der Waals surface area contributed by atoms with Crippen molar-refractivity contribution in [1.82, 2.24) is 25.9 Å². The molecule has 1 aromatic heterocycles. The summed E-state index contributed by atoms with van der Waals surface area (Å²) in [7, 11) is 0. The minimum absolute atomic E-state index is 0.0720. The molecule has 1 heterocycles. The largest absolute Gasteiger partial charge is 0.346 e. The number of hydrogen-bond donors (Lipinski definition) is 2. The molecule has 100 valence electrons. The molecule has 0 aliphatic heterocycles. The van der Waals surface area contributed by atoms with Gasteiger partial charge in [0.05, 0.1) is 6.04 Å². The summed E-state index contributed by atoms with van der Waals surface area (Å²) in [6.07, 6.45) is 0.969. The van der Waals surface area contributed by atoms with E-state index in [1.165, 1.54) is 0 Å². The Kier molecular flexibility index (Phi) is 4.46. The van der Waals surface area contributed by atoms with Crippen molar-refractivity contribution < 1.29 is 4.79 Å². The monoisotopic (exact) mass is 279 g/mol. The molecule has 0 spiro atoms. The quantitative estimate of drug-likeness (QED) is 0.872. The molecule has 19 heavy (non-hydrogen) atoms. The molecule has 0 aliphatic rings. The first-order valence-electron chi connectivity index (χ1n) is 5.93. The number of rotatable bonds is 5. The normalized spacial score (nSPS) is 12.1. The number of carbonyl (C=O) groups excluding carboxylic acids is 1. The predicted molar refractivity (Wildman–Crippen MR) is 70.5 cm³/mol. The van der Waals surface area contributed by atoms with Crippen LogP contribution in [0.1, 0.15) is 30.8 Å². The molecule has 0 radical (unpaired) electrons. The minimum atomic E-state index is -0.266. The zero-order valence-corrected chi connectivity index (χ0v) is 11.2. The Labute approximate surface area is 115 Å². The van der Waals surface area contributed by atoms with Crippen molar-refractivity contribution in [3.05, 3.63) is 40.7 Å². The topological polar surface area (TPSA) is 83.6 Å². The highest BCUT2D eigenvalue weighted by Crippen LogP contribution is 2.16. The number of amides is 1. The highest BCUT2D eigenvalue weighted by molar-refractivity contribution is 6.31. The summed E-state index contributed by atoms with van der Waals surface area (Å²) >= 11 is 6.03. The summed E-state index contributed by atoms with van der Waals surface area (Å²) < 4.78 is 0. The maximum Gasteiger partial charge on any atom is 0.220 e. The van der Waals surface area contributed by atoms with E-state index in [1.54, 1.807) is 6.92 Å². The third kappa shape index (κ3) is 3.75.